The zero-order valence-corrected chi connectivity index (χ0v) is 10.4. The topological polar surface area (TPSA) is 26.3 Å². The molecule has 0 heterocycles. The molecule has 2 nitrogen and oxygen atoms in total. The van der Waals surface area contributed by atoms with Crippen molar-refractivity contribution in [1.82, 2.24) is 0 Å². The fourth-order valence-electron chi connectivity index (χ4n) is 1.98. The normalized spacial score (nSPS) is 10.1. The van der Waals surface area contributed by atoms with Crippen molar-refractivity contribution in [2.75, 3.05) is 7.11 Å². The summed E-state index contributed by atoms with van der Waals surface area (Å²) in [6.07, 6.45) is 2.28. The van der Waals surface area contributed by atoms with Gasteiger partial charge in [-0.05, 0) is 29.7 Å². The van der Waals surface area contributed by atoms with Crippen LogP contribution in [0.5, 0.6) is 5.75 Å². The molecule has 18 heavy (non-hydrogen) atoms. The van der Waals surface area contributed by atoms with Gasteiger partial charge in [0.15, 0.2) is 0 Å². The van der Waals surface area contributed by atoms with Crippen molar-refractivity contribution >= 4 is 6.29 Å². The van der Waals surface area contributed by atoms with Gasteiger partial charge in [-0.25, -0.2) is 0 Å². The molecule has 2 rings (SSSR count). The molecule has 0 N–H and O–H groups in total. The Labute approximate surface area is 107 Å². The van der Waals surface area contributed by atoms with Crippen LogP contribution in [0, 0.1) is 0 Å². The maximum Gasteiger partial charge on any atom is 0.126 e. The molecule has 2 aromatic rings. The molecule has 0 atom stereocenters. The molecule has 0 bridgehead atoms. The molecule has 0 spiro atoms. The molecule has 0 saturated heterocycles. The number of carbonyl (C=O) groups excluding carboxylic acids is 1. The molecule has 0 aliphatic heterocycles. The Balaban J connectivity index is 2.39. The Kier molecular flexibility index (Phi) is 4.13. The van der Waals surface area contributed by atoms with Crippen molar-refractivity contribution in [3.05, 3.63) is 54.1 Å². The van der Waals surface area contributed by atoms with E-state index in [-0.39, 0.29) is 0 Å². The van der Waals surface area contributed by atoms with E-state index in [1.807, 2.05) is 30.3 Å². The van der Waals surface area contributed by atoms with Crippen molar-refractivity contribution in [2.45, 2.75) is 12.8 Å². The van der Waals surface area contributed by atoms with Crippen LogP contribution in [-0.4, -0.2) is 13.4 Å². The molecule has 0 aromatic heterocycles. The second-order valence-electron chi connectivity index (χ2n) is 4.11. The van der Waals surface area contributed by atoms with Gasteiger partial charge in [0.25, 0.3) is 0 Å². The van der Waals surface area contributed by atoms with Gasteiger partial charge in [-0.15, -0.1) is 0 Å². The highest BCUT2D eigenvalue weighted by Crippen LogP contribution is 2.30. The number of hydrogen-bond donors (Lipinski definition) is 0. The van der Waals surface area contributed by atoms with Crippen LogP contribution in [0.25, 0.3) is 11.1 Å². The largest absolute Gasteiger partial charge is 0.496 e. The van der Waals surface area contributed by atoms with E-state index >= 15 is 0 Å². The predicted molar refractivity (Wildman–Crippen MR) is 72.8 cm³/mol. The van der Waals surface area contributed by atoms with Gasteiger partial charge in [0.1, 0.15) is 12.0 Å². The Morgan fingerprint density at radius 1 is 1.11 bits per heavy atom. The Morgan fingerprint density at radius 2 is 1.89 bits per heavy atom. The van der Waals surface area contributed by atoms with Gasteiger partial charge in [-0.3, -0.25) is 0 Å². The highest BCUT2D eigenvalue weighted by molar-refractivity contribution is 5.71. The van der Waals surface area contributed by atoms with E-state index in [0.717, 1.165) is 35.1 Å². The van der Waals surface area contributed by atoms with Crippen molar-refractivity contribution in [3.63, 3.8) is 0 Å². The number of methoxy groups -OCH3 is 1. The summed E-state index contributed by atoms with van der Waals surface area (Å²) in [7, 11) is 1.67. The second-order valence-corrected chi connectivity index (χ2v) is 4.11. The maximum absolute atomic E-state index is 10.4. The first-order valence-electron chi connectivity index (χ1n) is 6.01. The van der Waals surface area contributed by atoms with Crippen molar-refractivity contribution in [2.24, 2.45) is 0 Å². The fraction of sp³-hybridized carbons (Fsp3) is 0.188. The summed E-state index contributed by atoms with van der Waals surface area (Å²) in [5.74, 6) is 0.857. The van der Waals surface area contributed by atoms with Crippen LogP contribution in [0.3, 0.4) is 0 Å². The smallest absolute Gasteiger partial charge is 0.126 e. The molecule has 0 aliphatic carbocycles. The number of benzene rings is 2. The molecule has 0 aliphatic rings. The average Bonchev–Trinajstić information content (AvgIpc) is 2.45. The van der Waals surface area contributed by atoms with Crippen LogP contribution < -0.4 is 4.74 Å². The molecule has 0 saturated carbocycles. The third-order valence-corrected chi connectivity index (χ3v) is 2.90. The summed E-state index contributed by atoms with van der Waals surface area (Å²) in [6, 6.07) is 16.2. The number of aryl methyl sites for hydroxylation is 1. The first-order chi connectivity index (χ1) is 8.85. The van der Waals surface area contributed by atoms with E-state index in [2.05, 4.69) is 18.2 Å². The second kappa shape index (κ2) is 6.01. The monoisotopic (exact) mass is 240 g/mol. The van der Waals surface area contributed by atoms with Crippen LogP contribution in [0.1, 0.15) is 12.0 Å². The quantitative estimate of drug-likeness (QED) is 0.748. The summed E-state index contributed by atoms with van der Waals surface area (Å²) in [4.78, 5) is 10.4. The molecular weight excluding hydrogens is 224 g/mol. The van der Waals surface area contributed by atoms with Gasteiger partial charge < -0.3 is 9.53 Å². The third kappa shape index (κ3) is 2.77. The standard InChI is InChI=1S/C16H16O2/c1-18-16-10-9-13(6-5-11-17)12-15(16)14-7-3-2-4-8-14/h2-4,7-12H,5-6H2,1H3. The number of rotatable bonds is 5. The SMILES string of the molecule is COc1ccc(CCC=O)cc1-c1ccccc1. The van der Waals surface area contributed by atoms with Crippen LogP contribution in [-0.2, 0) is 11.2 Å². The summed E-state index contributed by atoms with van der Waals surface area (Å²) in [6.45, 7) is 0. The number of aldehydes is 1. The zero-order valence-electron chi connectivity index (χ0n) is 10.4. The van der Waals surface area contributed by atoms with Gasteiger partial charge in [0, 0.05) is 12.0 Å². The van der Waals surface area contributed by atoms with Crippen LogP contribution in [0.4, 0.5) is 0 Å². The van der Waals surface area contributed by atoms with Crippen molar-refractivity contribution < 1.29 is 9.53 Å². The predicted octanol–water partition coefficient (Wildman–Crippen LogP) is 3.49. The van der Waals surface area contributed by atoms with Crippen molar-refractivity contribution in [1.29, 1.82) is 0 Å². The lowest BCUT2D eigenvalue weighted by Crippen LogP contribution is -1.92. The number of hydrogen-bond acceptors (Lipinski definition) is 2. The highest BCUT2D eigenvalue weighted by Gasteiger charge is 2.06. The zero-order chi connectivity index (χ0) is 12.8. The third-order valence-electron chi connectivity index (χ3n) is 2.90. The Hall–Kier alpha value is -2.09. The van der Waals surface area contributed by atoms with Crippen LogP contribution >= 0.6 is 0 Å². The van der Waals surface area contributed by atoms with E-state index in [0.29, 0.717) is 6.42 Å². The van der Waals surface area contributed by atoms with E-state index in [4.69, 9.17) is 4.74 Å². The first-order valence-corrected chi connectivity index (χ1v) is 6.01. The van der Waals surface area contributed by atoms with Gasteiger partial charge in [-0.2, -0.15) is 0 Å². The molecule has 2 heteroatoms. The van der Waals surface area contributed by atoms with Crippen LogP contribution in [0.2, 0.25) is 0 Å². The van der Waals surface area contributed by atoms with E-state index in [9.17, 15) is 4.79 Å². The lowest BCUT2D eigenvalue weighted by atomic mass is 10.00. The number of carbonyl (C=O) groups is 1. The Morgan fingerprint density at radius 3 is 2.56 bits per heavy atom. The molecule has 92 valence electrons. The van der Waals surface area contributed by atoms with Crippen LogP contribution in [0.15, 0.2) is 48.5 Å². The van der Waals surface area contributed by atoms with Gasteiger partial charge in [0.2, 0.25) is 0 Å². The Bertz CT molecular complexity index is 518. The maximum atomic E-state index is 10.4. The summed E-state index contributed by atoms with van der Waals surface area (Å²) < 4.78 is 5.39. The fourth-order valence-corrected chi connectivity index (χ4v) is 1.98. The molecule has 0 unspecified atom stereocenters. The molecule has 2 aromatic carbocycles. The molecule has 0 fully saturated rings. The first kappa shape index (κ1) is 12.4. The summed E-state index contributed by atoms with van der Waals surface area (Å²) >= 11 is 0. The minimum Gasteiger partial charge on any atom is -0.496 e. The minimum absolute atomic E-state index is 0.556. The lowest BCUT2D eigenvalue weighted by Gasteiger charge is -2.10. The van der Waals surface area contributed by atoms with E-state index in [1.54, 1.807) is 7.11 Å². The molecule has 0 amide bonds. The summed E-state index contributed by atoms with van der Waals surface area (Å²) in [5, 5.41) is 0. The highest BCUT2D eigenvalue weighted by atomic mass is 16.5. The van der Waals surface area contributed by atoms with E-state index < -0.39 is 0 Å². The molecular formula is C16H16O2. The van der Waals surface area contributed by atoms with Gasteiger partial charge in [0.05, 0.1) is 7.11 Å². The molecule has 0 radical (unpaired) electrons. The minimum atomic E-state index is 0.556. The summed E-state index contributed by atoms with van der Waals surface area (Å²) in [5.41, 5.74) is 3.35. The van der Waals surface area contributed by atoms with Gasteiger partial charge >= 0.3 is 0 Å². The average molecular weight is 240 g/mol. The lowest BCUT2D eigenvalue weighted by molar-refractivity contribution is -0.107. The number of ether oxygens (including phenoxy) is 1. The van der Waals surface area contributed by atoms with Crippen molar-refractivity contribution in [3.8, 4) is 16.9 Å². The van der Waals surface area contributed by atoms with E-state index in [1.165, 1.54) is 0 Å². The van der Waals surface area contributed by atoms with Gasteiger partial charge in [-0.1, -0.05) is 36.4 Å².